The fourth-order valence-electron chi connectivity index (χ4n) is 4.50. The number of aromatic nitrogens is 2. The summed E-state index contributed by atoms with van der Waals surface area (Å²) in [4.78, 5) is 65.5. The highest BCUT2D eigenvalue weighted by atomic mass is 16.6. The molecule has 1 heterocycles. The fraction of sp³-hybridized carbons (Fsp3) is 0.771. The Balaban J connectivity index is 2.20. The molecule has 0 fully saturated rings. The van der Waals surface area contributed by atoms with Crippen LogP contribution in [0.15, 0.2) is 10.9 Å². The average Bonchev–Trinajstić information content (AvgIpc) is 3.01. The lowest BCUT2D eigenvalue weighted by atomic mass is 9.79. The summed E-state index contributed by atoms with van der Waals surface area (Å²) in [5, 5.41) is 22.7. The van der Waals surface area contributed by atoms with E-state index in [4.69, 9.17) is 19.3 Å². The van der Waals surface area contributed by atoms with Gasteiger partial charge in [-0.15, -0.1) is 0 Å². The SMILES string of the molecule is Cc1cc(=O)[nH]c(NC(=O)NCCCCCCNC(=O)NCC(C)(C)CCC(C)(C)CNC(=O)OCC(C)(C)OCC(C)(C)OCCC(=O)O)n1. The number of urea groups is 2. The van der Waals surface area contributed by atoms with Gasteiger partial charge in [0.05, 0.1) is 30.8 Å². The number of carbonyl (C=O) groups is 4. The summed E-state index contributed by atoms with van der Waals surface area (Å²) >= 11 is 0. The Bertz CT molecular complexity index is 1310. The first-order valence-electron chi connectivity index (χ1n) is 17.6. The molecule has 16 heteroatoms. The predicted molar refractivity (Wildman–Crippen MR) is 195 cm³/mol. The van der Waals surface area contributed by atoms with Gasteiger partial charge in [-0.1, -0.05) is 40.5 Å². The molecule has 0 aliphatic heterocycles. The van der Waals surface area contributed by atoms with Crippen molar-refractivity contribution in [3.05, 3.63) is 22.1 Å². The minimum absolute atomic E-state index is 0.0296. The molecule has 0 spiro atoms. The van der Waals surface area contributed by atoms with Gasteiger partial charge < -0.3 is 40.6 Å². The Morgan fingerprint density at radius 2 is 1.31 bits per heavy atom. The van der Waals surface area contributed by atoms with E-state index < -0.39 is 29.3 Å². The third-order valence-electron chi connectivity index (χ3n) is 7.86. The van der Waals surface area contributed by atoms with Gasteiger partial charge in [0.2, 0.25) is 5.95 Å². The van der Waals surface area contributed by atoms with E-state index in [-0.39, 0.29) is 54.6 Å². The highest BCUT2D eigenvalue weighted by Gasteiger charge is 2.29. The highest BCUT2D eigenvalue weighted by Crippen LogP contribution is 2.30. The van der Waals surface area contributed by atoms with E-state index >= 15 is 0 Å². The second-order valence-corrected chi connectivity index (χ2v) is 15.7. The number of carboxylic acids is 1. The number of hydrogen-bond acceptors (Lipinski definition) is 9. The summed E-state index contributed by atoms with van der Waals surface area (Å²) < 4.78 is 16.9. The first-order valence-corrected chi connectivity index (χ1v) is 17.6. The van der Waals surface area contributed by atoms with Gasteiger partial charge in [-0.3, -0.25) is 19.9 Å². The van der Waals surface area contributed by atoms with Gasteiger partial charge in [-0.25, -0.2) is 19.4 Å². The van der Waals surface area contributed by atoms with Gasteiger partial charge in [0.15, 0.2) is 0 Å². The molecule has 1 aromatic rings. The number of nitrogens with one attached hydrogen (secondary N) is 6. The number of ether oxygens (including phenoxy) is 3. The molecular formula is C35H63N7O9. The van der Waals surface area contributed by atoms with Crippen molar-refractivity contribution in [2.75, 3.05) is 51.3 Å². The van der Waals surface area contributed by atoms with E-state index in [1.165, 1.54) is 6.07 Å². The molecule has 0 bridgehead atoms. The number of aliphatic carboxylic acids is 1. The van der Waals surface area contributed by atoms with E-state index in [0.717, 1.165) is 38.5 Å². The zero-order chi connectivity index (χ0) is 38.7. The van der Waals surface area contributed by atoms with Crippen LogP contribution in [0.5, 0.6) is 0 Å². The topological polar surface area (TPSA) is 222 Å². The van der Waals surface area contributed by atoms with Crippen molar-refractivity contribution in [2.24, 2.45) is 10.8 Å². The molecule has 0 radical (unpaired) electrons. The van der Waals surface area contributed by atoms with Crippen LogP contribution in [0.2, 0.25) is 0 Å². The number of hydrogen-bond donors (Lipinski definition) is 7. The molecule has 1 rings (SSSR count). The van der Waals surface area contributed by atoms with E-state index in [2.05, 4.69) is 64.2 Å². The molecule has 7 N–H and O–H groups in total. The molecule has 0 unspecified atom stereocenters. The molecule has 16 nitrogen and oxygen atoms in total. The van der Waals surface area contributed by atoms with Crippen molar-refractivity contribution in [3.63, 3.8) is 0 Å². The molecule has 0 aromatic carbocycles. The van der Waals surface area contributed by atoms with Crippen molar-refractivity contribution in [3.8, 4) is 0 Å². The number of carboxylic acid groups (broad SMARTS) is 1. The first-order chi connectivity index (χ1) is 23.6. The first kappa shape index (κ1) is 45.1. The molecule has 0 atom stereocenters. The van der Waals surface area contributed by atoms with Gasteiger partial charge >= 0.3 is 24.1 Å². The van der Waals surface area contributed by atoms with Crippen LogP contribution in [-0.4, -0.2) is 96.4 Å². The Labute approximate surface area is 302 Å². The Morgan fingerprint density at radius 1 is 0.765 bits per heavy atom. The van der Waals surface area contributed by atoms with Crippen molar-refractivity contribution >= 4 is 30.1 Å². The predicted octanol–water partition coefficient (Wildman–Crippen LogP) is 4.68. The van der Waals surface area contributed by atoms with Crippen LogP contribution in [-0.2, 0) is 19.0 Å². The molecule has 51 heavy (non-hydrogen) atoms. The van der Waals surface area contributed by atoms with Crippen molar-refractivity contribution in [1.29, 1.82) is 0 Å². The number of amides is 5. The van der Waals surface area contributed by atoms with Crippen LogP contribution in [0.3, 0.4) is 0 Å². The fourth-order valence-corrected chi connectivity index (χ4v) is 4.50. The lowest BCUT2D eigenvalue weighted by Gasteiger charge is -2.32. The lowest BCUT2D eigenvalue weighted by Crippen LogP contribution is -2.42. The zero-order valence-corrected chi connectivity index (χ0v) is 32.1. The van der Waals surface area contributed by atoms with Gasteiger partial charge in [0, 0.05) is 37.9 Å². The van der Waals surface area contributed by atoms with Crippen LogP contribution in [0, 0.1) is 17.8 Å². The molecule has 0 aliphatic carbocycles. The number of aryl methyl sites for hydroxylation is 1. The smallest absolute Gasteiger partial charge is 0.407 e. The summed E-state index contributed by atoms with van der Waals surface area (Å²) in [5.41, 5.74) is -1.65. The Morgan fingerprint density at radius 3 is 1.88 bits per heavy atom. The quantitative estimate of drug-likeness (QED) is 0.0729. The van der Waals surface area contributed by atoms with Gasteiger partial charge in [-0.05, 0) is 71.1 Å². The van der Waals surface area contributed by atoms with Gasteiger partial charge in [-0.2, -0.15) is 0 Å². The third-order valence-corrected chi connectivity index (χ3v) is 7.86. The monoisotopic (exact) mass is 725 g/mol. The van der Waals surface area contributed by atoms with E-state index in [0.29, 0.717) is 31.9 Å². The second-order valence-electron chi connectivity index (χ2n) is 15.7. The van der Waals surface area contributed by atoms with Crippen molar-refractivity contribution in [2.45, 2.75) is 118 Å². The summed E-state index contributed by atoms with van der Waals surface area (Å²) in [6.07, 6.45) is 4.39. The number of rotatable bonds is 24. The lowest BCUT2D eigenvalue weighted by molar-refractivity contribution is -0.146. The van der Waals surface area contributed by atoms with Gasteiger partial charge in [0.25, 0.3) is 5.56 Å². The molecule has 1 aromatic heterocycles. The van der Waals surface area contributed by atoms with E-state index in [1.807, 2.05) is 13.8 Å². The molecule has 0 saturated carbocycles. The zero-order valence-electron chi connectivity index (χ0n) is 32.1. The van der Waals surface area contributed by atoms with Gasteiger partial charge in [0.1, 0.15) is 6.61 Å². The molecular weight excluding hydrogens is 662 g/mol. The summed E-state index contributed by atoms with van der Waals surface area (Å²) in [5.74, 6) is -0.824. The third kappa shape index (κ3) is 23.2. The molecule has 5 amide bonds. The van der Waals surface area contributed by atoms with Crippen LogP contribution in [0.1, 0.15) is 106 Å². The van der Waals surface area contributed by atoms with E-state index in [1.54, 1.807) is 20.8 Å². The molecule has 0 saturated heterocycles. The van der Waals surface area contributed by atoms with Crippen molar-refractivity contribution < 1.29 is 38.5 Å². The van der Waals surface area contributed by atoms with Crippen LogP contribution < -0.4 is 32.1 Å². The number of nitrogens with zero attached hydrogens (tertiary/aromatic N) is 1. The maximum atomic E-state index is 12.4. The maximum absolute atomic E-state index is 12.4. The minimum atomic E-state index is -0.928. The number of alkyl carbamates (subject to hydrolysis) is 1. The van der Waals surface area contributed by atoms with Crippen molar-refractivity contribution in [1.82, 2.24) is 31.2 Å². The maximum Gasteiger partial charge on any atom is 0.407 e. The normalized spacial score (nSPS) is 12.2. The molecule has 0 aliphatic rings. The number of anilines is 1. The Kier molecular flexibility index (Phi) is 19.0. The standard InChI is InChI=1S/C35H63N7O9/c1-25-20-26(43)41-28(40-25)42-30(47)37-18-13-11-10-12-17-36-29(46)38-21-32(2,3)15-16-33(4,5)22-39-31(48)49-23-34(6,7)51-24-35(8,9)50-19-14-27(44)45/h20H,10-19,21-24H2,1-9H3,(H,39,48)(H,44,45)(H2,36,38,46)(H3,37,40,41,42,43,47). The summed E-state index contributed by atoms with van der Waals surface area (Å²) in [6, 6.07) is 0.692. The van der Waals surface area contributed by atoms with Crippen LogP contribution in [0.4, 0.5) is 20.3 Å². The number of unbranched alkanes of at least 4 members (excludes halogenated alkanes) is 3. The number of aromatic amines is 1. The minimum Gasteiger partial charge on any atom is -0.481 e. The van der Waals surface area contributed by atoms with Crippen LogP contribution >= 0.6 is 0 Å². The largest absolute Gasteiger partial charge is 0.481 e. The van der Waals surface area contributed by atoms with Crippen LogP contribution in [0.25, 0.3) is 0 Å². The number of H-pyrrole nitrogens is 1. The number of carbonyl (C=O) groups excluding carboxylic acids is 3. The molecule has 292 valence electrons. The summed E-state index contributed by atoms with van der Waals surface area (Å²) in [7, 11) is 0. The highest BCUT2D eigenvalue weighted by molar-refractivity contribution is 5.87. The Hall–Kier alpha value is -3.92. The summed E-state index contributed by atoms with van der Waals surface area (Å²) in [6.45, 7) is 19.5. The average molecular weight is 726 g/mol. The second kappa shape index (κ2) is 21.4. The van der Waals surface area contributed by atoms with E-state index in [9.17, 15) is 24.0 Å².